The van der Waals surface area contributed by atoms with Crippen LogP contribution in [-0.4, -0.2) is 23.7 Å². The van der Waals surface area contributed by atoms with Crippen molar-refractivity contribution < 1.29 is 23.5 Å². The van der Waals surface area contributed by atoms with Crippen LogP contribution in [0.1, 0.15) is 49.9 Å². The molecule has 1 heterocycles. The summed E-state index contributed by atoms with van der Waals surface area (Å²) in [5.74, 6) is -0.397. The summed E-state index contributed by atoms with van der Waals surface area (Å²) in [5, 5.41) is 3.02. The standard InChI is InChI=1S/C26H29NO6/c1-15-12-20(31-23(28)17(3)27-25(30)33-26(4,5)6)22-16(2)19(24(29)32-21(22)13-15)14-18-10-8-7-9-11-18/h7-13,17H,14H2,1-6H3,(H,27,30)/t17-/m1/s1. The van der Waals surface area contributed by atoms with Gasteiger partial charge in [-0.3, -0.25) is 0 Å². The van der Waals surface area contributed by atoms with E-state index in [1.165, 1.54) is 6.92 Å². The van der Waals surface area contributed by atoms with Crippen LogP contribution < -0.4 is 15.7 Å². The topological polar surface area (TPSA) is 94.8 Å². The lowest BCUT2D eigenvalue weighted by atomic mass is 9.98. The number of rotatable bonds is 5. The Morgan fingerprint density at radius 1 is 1.09 bits per heavy atom. The Kier molecular flexibility index (Phi) is 6.91. The number of hydrogen-bond donors (Lipinski definition) is 1. The van der Waals surface area contributed by atoms with E-state index in [9.17, 15) is 14.4 Å². The Balaban J connectivity index is 1.94. The Labute approximate surface area is 192 Å². The first-order valence-corrected chi connectivity index (χ1v) is 10.8. The highest BCUT2D eigenvalue weighted by molar-refractivity contribution is 5.92. The lowest BCUT2D eigenvalue weighted by molar-refractivity contribution is -0.136. The van der Waals surface area contributed by atoms with Crippen molar-refractivity contribution >= 4 is 23.0 Å². The fourth-order valence-electron chi connectivity index (χ4n) is 3.46. The van der Waals surface area contributed by atoms with Crippen LogP contribution in [-0.2, 0) is 16.0 Å². The van der Waals surface area contributed by atoms with Crippen LogP contribution in [0.25, 0.3) is 11.0 Å². The smallest absolute Gasteiger partial charge is 0.408 e. The van der Waals surface area contributed by atoms with Crippen molar-refractivity contribution in [2.24, 2.45) is 0 Å². The lowest BCUT2D eigenvalue weighted by Gasteiger charge is -2.21. The third-order valence-electron chi connectivity index (χ3n) is 5.01. The van der Waals surface area contributed by atoms with Crippen molar-refractivity contribution in [2.45, 2.75) is 59.6 Å². The average Bonchev–Trinajstić information content (AvgIpc) is 2.69. The van der Waals surface area contributed by atoms with Crippen molar-refractivity contribution in [1.29, 1.82) is 0 Å². The quantitative estimate of drug-likeness (QED) is 0.340. The highest BCUT2D eigenvalue weighted by atomic mass is 16.6. The van der Waals surface area contributed by atoms with Gasteiger partial charge in [-0.15, -0.1) is 0 Å². The molecule has 174 valence electrons. The first kappa shape index (κ1) is 24.0. The minimum Gasteiger partial charge on any atom is -0.444 e. The SMILES string of the molecule is Cc1cc(OC(=O)[C@@H](C)NC(=O)OC(C)(C)C)c2c(C)c(Cc3ccccc3)c(=O)oc2c1. The summed E-state index contributed by atoms with van der Waals surface area (Å²) < 4.78 is 16.4. The van der Waals surface area contributed by atoms with Crippen LogP contribution in [0.2, 0.25) is 0 Å². The maximum atomic E-state index is 12.7. The first-order chi connectivity index (χ1) is 15.4. The van der Waals surface area contributed by atoms with Crippen LogP contribution in [0, 0.1) is 13.8 Å². The number of aryl methyl sites for hydroxylation is 2. The van der Waals surface area contributed by atoms with E-state index in [1.807, 2.05) is 44.2 Å². The predicted molar refractivity (Wildman–Crippen MR) is 126 cm³/mol. The fraction of sp³-hybridized carbons (Fsp3) is 0.346. The summed E-state index contributed by atoms with van der Waals surface area (Å²) in [5.41, 5.74) is 2.13. The highest BCUT2D eigenvalue weighted by Crippen LogP contribution is 2.32. The van der Waals surface area contributed by atoms with Crippen molar-refractivity contribution in [2.75, 3.05) is 0 Å². The van der Waals surface area contributed by atoms with Gasteiger partial charge >= 0.3 is 17.7 Å². The van der Waals surface area contributed by atoms with Gasteiger partial charge in [0.15, 0.2) is 0 Å². The number of hydrogen-bond acceptors (Lipinski definition) is 6. The molecule has 1 atom stereocenters. The van der Waals surface area contributed by atoms with Crippen molar-refractivity contribution in [3.63, 3.8) is 0 Å². The van der Waals surface area contributed by atoms with Crippen LogP contribution in [0.15, 0.2) is 51.7 Å². The number of carbonyl (C=O) groups excluding carboxylic acids is 2. The molecule has 0 radical (unpaired) electrons. The van der Waals surface area contributed by atoms with Gasteiger partial charge in [-0.2, -0.15) is 0 Å². The summed E-state index contributed by atoms with van der Waals surface area (Å²) in [4.78, 5) is 37.5. The second-order valence-electron chi connectivity index (χ2n) is 9.08. The molecule has 1 aromatic heterocycles. The molecular formula is C26H29NO6. The number of alkyl carbamates (subject to hydrolysis) is 1. The van der Waals surface area contributed by atoms with E-state index >= 15 is 0 Å². The van der Waals surface area contributed by atoms with E-state index in [2.05, 4.69) is 5.32 Å². The number of amides is 1. The Morgan fingerprint density at radius 3 is 2.39 bits per heavy atom. The maximum Gasteiger partial charge on any atom is 0.408 e. The molecule has 1 amide bonds. The molecule has 0 spiro atoms. The zero-order chi connectivity index (χ0) is 24.3. The second-order valence-corrected chi connectivity index (χ2v) is 9.08. The molecule has 0 aliphatic rings. The second kappa shape index (κ2) is 9.48. The van der Waals surface area contributed by atoms with Gasteiger partial charge in [-0.05, 0) is 70.4 Å². The van der Waals surface area contributed by atoms with E-state index in [4.69, 9.17) is 13.9 Å². The first-order valence-electron chi connectivity index (χ1n) is 10.8. The molecule has 3 aromatic rings. The minimum absolute atomic E-state index is 0.267. The number of fused-ring (bicyclic) bond motifs is 1. The maximum absolute atomic E-state index is 12.7. The zero-order valence-corrected chi connectivity index (χ0v) is 19.8. The molecule has 0 unspecified atom stereocenters. The number of nitrogens with one attached hydrogen (secondary N) is 1. The summed E-state index contributed by atoms with van der Waals surface area (Å²) in [6.07, 6.45) is -0.323. The third kappa shape index (κ3) is 6.00. The van der Waals surface area contributed by atoms with Gasteiger partial charge in [0.1, 0.15) is 23.0 Å². The Hall–Kier alpha value is -3.61. The number of carbonyl (C=O) groups is 2. The summed E-state index contributed by atoms with van der Waals surface area (Å²) in [6, 6.07) is 12.1. The van der Waals surface area contributed by atoms with Gasteiger partial charge in [-0.1, -0.05) is 30.3 Å². The largest absolute Gasteiger partial charge is 0.444 e. The molecule has 7 nitrogen and oxygen atoms in total. The van der Waals surface area contributed by atoms with Gasteiger partial charge in [0, 0.05) is 12.0 Å². The van der Waals surface area contributed by atoms with Gasteiger partial charge < -0.3 is 19.2 Å². The normalized spacial score (nSPS) is 12.3. The molecule has 0 aliphatic carbocycles. The molecule has 7 heteroatoms. The summed E-state index contributed by atoms with van der Waals surface area (Å²) in [6.45, 7) is 10.3. The molecule has 2 aromatic carbocycles. The van der Waals surface area contributed by atoms with E-state index < -0.39 is 29.3 Å². The van der Waals surface area contributed by atoms with E-state index in [0.717, 1.165) is 11.1 Å². The number of esters is 1. The third-order valence-corrected chi connectivity index (χ3v) is 5.01. The van der Waals surface area contributed by atoms with Crippen LogP contribution >= 0.6 is 0 Å². The summed E-state index contributed by atoms with van der Waals surface area (Å²) >= 11 is 0. The van der Waals surface area contributed by atoms with Gasteiger partial charge in [-0.25, -0.2) is 14.4 Å². The molecule has 0 saturated heterocycles. The molecule has 3 rings (SSSR count). The van der Waals surface area contributed by atoms with Crippen LogP contribution in [0.3, 0.4) is 0 Å². The highest BCUT2D eigenvalue weighted by Gasteiger charge is 2.24. The minimum atomic E-state index is -0.949. The number of ether oxygens (including phenoxy) is 2. The van der Waals surface area contributed by atoms with E-state index in [0.29, 0.717) is 28.5 Å². The molecule has 0 bridgehead atoms. The Morgan fingerprint density at radius 2 is 1.76 bits per heavy atom. The van der Waals surface area contributed by atoms with Gasteiger partial charge in [0.05, 0.1) is 5.39 Å². The van der Waals surface area contributed by atoms with Crippen LogP contribution in [0.4, 0.5) is 4.79 Å². The lowest BCUT2D eigenvalue weighted by Crippen LogP contribution is -2.43. The Bertz CT molecular complexity index is 1240. The van der Waals surface area contributed by atoms with E-state index in [1.54, 1.807) is 32.9 Å². The fourth-order valence-corrected chi connectivity index (χ4v) is 3.46. The van der Waals surface area contributed by atoms with Crippen molar-refractivity contribution in [3.05, 3.63) is 75.1 Å². The van der Waals surface area contributed by atoms with Crippen molar-refractivity contribution in [3.8, 4) is 5.75 Å². The summed E-state index contributed by atoms with van der Waals surface area (Å²) in [7, 11) is 0. The number of benzene rings is 2. The molecule has 0 fully saturated rings. The molecule has 0 saturated carbocycles. The molecule has 1 N–H and O–H groups in total. The molecule has 0 aliphatic heterocycles. The monoisotopic (exact) mass is 451 g/mol. The zero-order valence-electron chi connectivity index (χ0n) is 19.8. The predicted octanol–water partition coefficient (Wildman–Crippen LogP) is 4.82. The van der Waals surface area contributed by atoms with Crippen molar-refractivity contribution in [1.82, 2.24) is 5.32 Å². The molecular weight excluding hydrogens is 422 g/mol. The van der Waals surface area contributed by atoms with E-state index in [-0.39, 0.29) is 5.75 Å². The van der Waals surface area contributed by atoms with Gasteiger partial charge in [0.2, 0.25) is 0 Å². The molecule has 33 heavy (non-hydrogen) atoms. The van der Waals surface area contributed by atoms with Crippen LogP contribution in [0.5, 0.6) is 5.75 Å². The average molecular weight is 452 g/mol. The van der Waals surface area contributed by atoms with Gasteiger partial charge in [0.25, 0.3) is 0 Å².